The van der Waals surface area contributed by atoms with E-state index >= 15 is 0 Å². The van der Waals surface area contributed by atoms with Crippen LogP contribution in [0.4, 0.5) is 4.79 Å². The maximum atomic E-state index is 12.5. The fraction of sp³-hybridized carbons (Fsp3) is 0.435. The standard InChI is InChI=1S/C23H31N3O3/c1-25(22(27)24-14-20-9-6-10-21(13-20)16-29-2)17-23(28)11-12-26(18-23)15-19-7-4-3-5-8-19/h3-10,13,28H,11-12,14-18H2,1-2H3,(H,24,27). The normalized spacial score (nSPS) is 19.3. The SMILES string of the molecule is COCc1cccc(CNC(=O)N(C)CC2(O)CCN(Cc3ccccc3)C2)c1. The molecule has 2 N–H and O–H groups in total. The Bertz CT molecular complexity index is 799. The summed E-state index contributed by atoms with van der Waals surface area (Å²) in [6.45, 7) is 3.52. The van der Waals surface area contributed by atoms with Crippen LogP contribution in [0.25, 0.3) is 0 Å². The van der Waals surface area contributed by atoms with Crippen molar-refractivity contribution in [2.24, 2.45) is 0 Å². The topological polar surface area (TPSA) is 65.0 Å². The average molecular weight is 398 g/mol. The van der Waals surface area contributed by atoms with Crippen molar-refractivity contribution < 1.29 is 14.6 Å². The molecule has 1 aliphatic rings. The lowest BCUT2D eigenvalue weighted by Crippen LogP contribution is -2.48. The third kappa shape index (κ3) is 6.29. The summed E-state index contributed by atoms with van der Waals surface area (Å²) in [6, 6.07) is 18.0. The fourth-order valence-electron chi connectivity index (χ4n) is 3.87. The predicted molar refractivity (Wildman–Crippen MR) is 113 cm³/mol. The number of benzene rings is 2. The fourth-order valence-corrected chi connectivity index (χ4v) is 3.87. The minimum atomic E-state index is -0.876. The second-order valence-corrected chi connectivity index (χ2v) is 7.94. The Balaban J connectivity index is 1.47. The molecule has 1 heterocycles. The summed E-state index contributed by atoms with van der Waals surface area (Å²) in [7, 11) is 3.40. The van der Waals surface area contributed by atoms with Crippen LogP contribution in [0.2, 0.25) is 0 Å². The number of likely N-dealkylation sites (tertiary alicyclic amines) is 1. The van der Waals surface area contributed by atoms with Crippen LogP contribution in [0.5, 0.6) is 0 Å². The van der Waals surface area contributed by atoms with Gasteiger partial charge in [-0.3, -0.25) is 4.90 Å². The smallest absolute Gasteiger partial charge is 0.317 e. The summed E-state index contributed by atoms with van der Waals surface area (Å²) in [4.78, 5) is 16.3. The van der Waals surface area contributed by atoms with E-state index in [0.29, 0.717) is 32.7 Å². The van der Waals surface area contributed by atoms with Gasteiger partial charge in [0, 0.05) is 40.3 Å². The minimum Gasteiger partial charge on any atom is -0.387 e. The van der Waals surface area contributed by atoms with Crippen molar-refractivity contribution in [2.45, 2.75) is 31.7 Å². The Labute approximate surface area is 173 Å². The molecule has 0 aromatic heterocycles. The van der Waals surface area contributed by atoms with Crippen molar-refractivity contribution in [1.29, 1.82) is 0 Å². The van der Waals surface area contributed by atoms with Crippen molar-refractivity contribution in [3.63, 3.8) is 0 Å². The molecule has 6 nitrogen and oxygen atoms in total. The van der Waals surface area contributed by atoms with Gasteiger partial charge in [-0.1, -0.05) is 54.6 Å². The number of carbonyl (C=O) groups is 1. The van der Waals surface area contributed by atoms with E-state index in [2.05, 4.69) is 22.3 Å². The molecule has 2 amide bonds. The monoisotopic (exact) mass is 397 g/mol. The van der Waals surface area contributed by atoms with Gasteiger partial charge >= 0.3 is 6.03 Å². The Morgan fingerprint density at radius 1 is 1.17 bits per heavy atom. The highest BCUT2D eigenvalue weighted by Gasteiger charge is 2.37. The van der Waals surface area contributed by atoms with Crippen molar-refractivity contribution in [3.05, 3.63) is 71.3 Å². The number of amides is 2. The van der Waals surface area contributed by atoms with Crippen LogP contribution >= 0.6 is 0 Å². The Kier molecular flexibility index (Phi) is 7.25. The zero-order valence-corrected chi connectivity index (χ0v) is 17.3. The molecule has 3 rings (SSSR count). The first kappa shape index (κ1) is 21.3. The first-order valence-corrected chi connectivity index (χ1v) is 10.0. The summed E-state index contributed by atoms with van der Waals surface area (Å²) in [5.41, 5.74) is 2.46. The highest BCUT2D eigenvalue weighted by Crippen LogP contribution is 2.24. The molecule has 2 aromatic rings. The molecule has 1 saturated heterocycles. The first-order valence-electron chi connectivity index (χ1n) is 10.0. The van der Waals surface area contributed by atoms with Crippen LogP contribution in [-0.2, 0) is 24.4 Å². The molecule has 0 bridgehead atoms. The van der Waals surface area contributed by atoms with E-state index in [1.54, 1.807) is 19.1 Å². The van der Waals surface area contributed by atoms with Crippen LogP contribution in [0.15, 0.2) is 54.6 Å². The highest BCUT2D eigenvalue weighted by atomic mass is 16.5. The number of rotatable bonds is 8. The van der Waals surface area contributed by atoms with Crippen LogP contribution in [0.1, 0.15) is 23.1 Å². The molecule has 0 saturated carbocycles. The number of carbonyl (C=O) groups excluding carboxylic acids is 1. The van der Waals surface area contributed by atoms with Crippen LogP contribution in [-0.4, -0.2) is 60.3 Å². The second-order valence-electron chi connectivity index (χ2n) is 7.94. The quantitative estimate of drug-likeness (QED) is 0.719. The molecule has 1 aliphatic heterocycles. The summed E-state index contributed by atoms with van der Waals surface area (Å²) < 4.78 is 5.15. The third-order valence-corrected chi connectivity index (χ3v) is 5.28. The third-order valence-electron chi connectivity index (χ3n) is 5.28. The molecule has 0 aliphatic carbocycles. The number of methoxy groups -OCH3 is 1. The zero-order chi connectivity index (χ0) is 20.7. The number of nitrogens with zero attached hydrogens (tertiary/aromatic N) is 2. The van der Waals surface area contributed by atoms with Crippen molar-refractivity contribution >= 4 is 6.03 Å². The van der Waals surface area contributed by atoms with Crippen molar-refractivity contribution in [2.75, 3.05) is 33.8 Å². The van der Waals surface area contributed by atoms with Gasteiger partial charge < -0.3 is 20.1 Å². The number of β-amino-alcohol motifs (C(OH)–C–C–N with tert-alkyl or cyclic N) is 1. The predicted octanol–water partition coefficient (Wildman–Crippen LogP) is 2.61. The molecule has 1 atom stereocenters. The van der Waals surface area contributed by atoms with E-state index < -0.39 is 5.60 Å². The first-order chi connectivity index (χ1) is 14.0. The number of urea groups is 1. The molecule has 0 spiro atoms. The van der Waals surface area contributed by atoms with Crippen LogP contribution in [0.3, 0.4) is 0 Å². The molecule has 1 fully saturated rings. The zero-order valence-electron chi connectivity index (χ0n) is 17.3. The van der Waals surface area contributed by atoms with E-state index in [-0.39, 0.29) is 6.03 Å². The van der Waals surface area contributed by atoms with Gasteiger partial charge in [0.05, 0.1) is 18.8 Å². The summed E-state index contributed by atoms with van der Waals surface area (Å²) >= 11 is 0. The Morgan fingerprint density at radius 2 is 1.90 bits per heavy atom. The molecule has 6 heteroatoms. The molecular weight excluding hydrogens is 366 g/mol. The van der Waals surface area contributed by atoms with E-state index in [1.807, 2.05) is 42.5 Å². The number of aliphatic hydroxyl groups is 1. The largest absolute Gasteiger partial charge is 0.387 e. The second kappa shape index (κ2) is 9.87. The maximum Gasteiger partial charge on any atom is 0.317 e. The van der Waals surface area contributed by atoms with Gasteiger partial charge in [-0.05, 0) is 23.1 Å². The Morgan fingerprint density at radius 3 is 2.66 bits per heavy atom. The van der Waals surface area contributed by atoms with Crippen LogP contribution in [0, 0.1) is 0 Å². The van der Waals surface area contributed by atoms with Gasteiger partial charge in [0.2, 0.25) is 0 Å². The van der Waals surface area contributed by atoms with Gasteiger partial charge in [-0.2, -0.15) is 0 Å². The number of hydrogen-bond acceptors (Lipinski definition) is 4. The Hall–Kier alpha value is -2.41. The molecule has 29 heavy (non-hydrogen) atoms. The highest BCUT2D eigenvalue weighted by molar-refractivity contribution is 5.73. The van der Waals surface area contributed by atoms with E-state index in [1.165, 1.54) is 5.56 Å². The lowest BCUT2D eigenvalue weighted by atomic mass is 10.0. The van der Waals surface area contributed by atoms with Gasteiger partial charge in [0.15, 0.2) is 0 Å². The molecule has 2 aromatic carbocycles. The average Bonchev–Trinajstić information content (AvgIpc) is 3.07. The van der Waals surface area contributed by atoms with Crippen molar-refractivity contribution in [1.82, 2.24) is 15.1 Å². The summed E-state index contributed by atoms with van der Waals surface area (Å²) in [5.74, 6) is 0. The van der Waals surface area contributed by atoms with E-state index in [9.17, 15) is 9.90 Å². The molecular formula is C23H31N3O3. The van der Waals surface area contributed by atoms with Crippen LogP contribution < -0.4 is 5.32 Å². The number of ether oxygens (including phenoxy) is 1. The van der Waals surface area contributed by atoms with E-state index in [0.717, 1.165) is 24.2 Å². The van der Waals surface area contributed by atoms with Gasteiger partial charge in [-0.15, -0.1) is 0 Å². The summed E-state index contributed by atoms with van der Waals surface area (Å²) in [5, 5.41) is 13.9. The van der Waals surface area contributed by atoms with Crippen molar-refractivity contribution in [3.8, 4) is 0 Å². The number of likely N-dealkylation sites (N-methyl/N-ethyl adjacent to an activating group) is 1. The number of hydrogen-bond donors (Lipinski definition) is 2. The summed E-state index contributed by atoms with van der Waals surface area (Å²) in [6.07, 6.45) is 0.663. The molecule has 0 radical (unpaired) electrons. The molecule has 156 valence electrons. The van der Waals surface area contributed by atoms with Gasteiger partial charge in [0.1, 0.15) is 0 Å². The minimum absolute atomic E-state index is 0.183. The van der Waals surface area contributed by atoms with Gasteiger partial charge in [0.25, 0.3) is 0 Å². The lowest BCUT2D eigenvalue weighted by molar-refractivity contribution is 0.0261. The van der Waals surface area contributed by atoms with E-state index in [4.69, 9.17) is 4.74 Å². The lowest BCUT2D eigenvalue weighted by Gasteiger charge is -2.29. The van der Waals surface area contributed by atoms with Gasteiger partial charge in [-0.25, -0.2) is 4.79 Å². The maximum absolute atomic E-state index is 12.5. The molecule has 1 unspecified atom stereocenters. The number of nitrogens with one attached hydrogen (secondary N) is 1.